The standard InChI is InChI=1S/C28H26N8O7/c1-15-5-4-7-23-31-20(12-39-23)26-36-22(14-43-26)28-34-19(11-42-28)24(37)32-17(6-2-3-8-29)18-10-41-27(33-18)21-13-40-25(35-21)16(30)9-38-15/h4,7,9-14,17H,1-3,5-6,8,29-30H2,(H,32,37)/b7-4+,16-9-. The first-order valence-corrected chi connectivity index (χ1v) is 13.2. The molecule has 0 saturated carbocycles. The van der Waals surface area contributed by atoms with Crippen LogP contribution in [0.2, 0.25) is 0 Å². The largest absolute Gasteiger partial charge is 0.467 e. The van der Waals surface area contributed by atoms with Crippen LogP contribution in [-0.4, -0.2) is 37.4 Å². The molecule has 5 N–H and O–H groups in total. The second kappa shape index (κ2) is 12.0. The second-order valence-electron chi connectivity index (χ2n) is 9.41. The van der Waals surface area contributed by atoms with Crippen LogP contribution in [-0.2, 0) is 4.74 Å². The molecule has 0 radical (unpaired) electrons. The molecule has 1 aliphatic heterocycles. The van der Waals surface area contributed by atoms with Gasteiger partial charge in [0, 0.05) is 6.42 Å². The first-order valence-electron chi connectivity index (χ1n) is 13.2. The Kier molecular flexibility index (Phi) is 7.69. The molecule has 43 heavy (non-hydrogen) atoms. The number of unbranched alkanes of at least 4 members (excludes halogenated alkanes) is 1. The Morgan fingerprint density at radius 2 is 1.44 bits per heavy atom. The quantitative estimate of drug-likeness (QED) is 0.248. The lowest BCUT2D eigenvalue weighted by Gasteiger charge is -2.15. The van der Waals surface area contributed by atoms with E-state index in [0.29, 0.717) is 48.1 Å². The van der Waals surface area contributed by atoms with Gasteiger partial charge in [-0.25, -0.2) is 24.9 Å². The molecule has 0 aromatic carbocycles. The van der Waals surface area contributed by atoms with E-state index in [2.05, 4.69) is 36.8 Å². The normalized spacial score (nSPS) is 17.7. The zero-order chi connectivity index (χ0) is 29.8. The van der Waals surface area contributed by atoms with Crippen molar-refractivity contribution in [3.05, 3.63) is 79.2 Å². The summed E-state index contributed by atoms with van der Waals surface area (Å²) in [6.45, 7) is 4.38. The van der Waals surface area contributed by atoms with Gasteiger partial charge in [-0.1, -0.05) is 12.7 Å². The van der Waals surface area contributed by atoms with Crippen molar-refractivity contribution in [2.45, 2.75) is 31.7 Å². The molecule has 1 aliphatic rings. The van der Waals surface area contributed by atoms with E-state index in [4.69, 9.17) is 38.3 Å². The van der Waals surface area contributed by atoms with Crippen molar-refractivity contribution in [3.63, 3.8) is 0 Å². The Hall–Kier alpha value is -5.70. The minimum absolute atomic E-state index is 0.0405. The second-order valence-corrected chi connectivity index (χ2v) is 9.41. The van der Waals surface area contributed by atoms with E-state index in [1.807, 2.05) is 0 Å². The summed E-state index contributed by atoms with van der Waals surface area (Å²) in [7, 11) is 0. The minimum Gasteiger partial charge on any atom is -0.467 e. The monoisotopic (exact) mass is 586 g/mol. The molecule has 0 aliphatic carbocycles. The number of carbonyl (C=O) groups is 1. The third-order valence-electron chi connectivity index (χ3n) is 6.26. The topological polar surface area (TPSA) is 221 Å². The summed E-state index contributed by atoms with van der Waals surface area (Å²) in [5.74, 6) is 0.760. The average Bonchev–Trinajstić information content (AvgIpc) is 3.84. The highest BCUT2D eigenvalue weighted by Gasteiger charge is 2.24. The Morgan fingerprint density at radius 1 is 0.814 bits per heavy atom. The third kappa shape index (κ3) is 6.15. The van der Waals surface area contributed by atoms with Crippen LogP contribution in [0.3, 0.4) is 0 Å². The van der Waals surface area contributed by atoms with Crippen molar-refractivity contribution in [2.24, 2.45) is 11.5 Å². The van der Waals surface area contributed by atoms with Gasteiger partial charge in [0.15, 0.2) is 22.8 Å². The molecular weight excluding hydrogens is 560 g/mol. The first-order chi connectivity index (χ1) is 21.0. The van der Waals surface area contributed by atoms with Crippen molar-refractivity contribution >= 4 is 17.7 Å². The molecule has 5 aromatic rings. The summed E-state index contributed by atoms with van der Waals surface area (Å²) in [4.78, 5) is 35.1. The Labute approximate surface area is 243 Å². The lowest BCUT2D eigenvalue weighted by atomic mass is 10.1. The summed E-state index contributed by atoms with van der Waals surface area (Å²) >= 11 is 0. The number of nitrogens with zero attached hydrogens (tertiary/aromatic N) is 5. The highest BCUT2D eigenvalue weighted by molar-refractivity contribution is 5.92. The molecule has 10 bridgehead atoms. The van der Waals surface area contributed by atoms with Gasteiger partial charge in [-0.2, -0.15) is 0 Å². The molecule has 220 valence electrons. The molecule has 6 rings (SSSR count). The van der Waals surface area contributed by atoms with Gasteiger partial charge in [-0.05, 0) is 31.9 Å². The van der Waals surface area contributed by atoms with Crippen LogP contribution in [0.25, 0.3) is 46.5 Å². The van der Waals surface area contributed by atoms with Crippen LogP contribution in [0.1, 0.15) is 59.7 Å². The predicted molar refractivity (Wildman–Crippen MR) is 149 cm³/mol. The van der Waals surface area contributed by atoms with Crippen LogP contribution >= 0.6 is 0 Å². The number of oxazole rings is 5. The molecule has 0 saturated heterocycles. The van der Waals surface area contributed by atoms with Crippen molar-refractivity contribution < 1.29 is 31.6 Å². The lowest BCUT2D eigenvalue weighted by Crippen LogP contribution is -2.29. The number of hydrogen-bond acceptors (Lipinski definition) is 14. The number of allylic oxidation sites excluding steroid dienone is 1. The maximum atomic E-state index is 13.2. The summed E-state index contributed by atoms with van der Waals surface area (Å²) in [6, 6.07) is -0.518. The SMILES string of the molecule is C=C1C/C=C/c2nc(co2)-c2nc(co2)-c2nc(co2)C(=O)NC(CCCCN)c2coc(n2)-c2coc(n2)/C(N)=C/O1. The molecule has 15 nitrogen and oxygen atoms in total. The van der Waals surface area contributed by atoms with Crippen molar-refractivity contribution in [1.29, 1.82) is 0 Å². The Bertz CT molecular complexity index is 1800. The molecule has 1 atom stereocenters. The fraction of sp³-hybridized carbons (Fsp3) is 0.214. The van der Waals surface area contributed by atoms with Gasteiger partial charge in [0.05, 0.1) is 11.8 Å². The molecule has 5 aromatic heterocycles. The van der Waals surface area contributed by atoms with E-state index >= 15 is 0 Å². The smallest absolute Gasteiger partial charge is 0.273 e. The van der Waals surface area contributed by atoms with Gasteiger partial charge in [0.25, 0.3) is 5.91 Å². The maximum absolute atomic E-state index is 13.2. The molecule has 0 fully saturated rings. The summed E-state index contributed by atoms with van der Waals surface area (Å²) in [6.07, 6.45) is 13.8. The van der Waals surface area contributed by atoms with E-state index in [1.165, 1.54) is 37.6 Å². The number of hydrogen-bond donors (Lipinski definition) is 3. The number of nitrogens with two attached hydrogens (primary N) is 2. The van der Waals surface area contributed by atoms with E-state index in [-0.39, 0.29) is 40.6 Å². The van der Waals surface area contributed by atoms with Gasteiger partial charge in [0.2, 0.25) is 29.5 Å². The van der Waals surface area contributed by atoms with Crippen LogP contribution in [0.15, 0.2) is 78.1 Å². The fourth-order valence-corrected chi connectivity index (χ4v) is 4.07. The van der Waals surface area contributed by atoms with Gasteiger partial charge < -0.3 is 43.6 Å². The van der Waals surface area contributed by atoms with E-state index in [0.717, 1.165) is 12.8 Å². The van der Waals surface area contributed by atoms with Gasteiger partial charge in [0.1, 0.15) is 49.0 Å². The number of carbonyl (C=O) groups excluding carboxylic acids is 1. The van der Waals surface area contributed by atoms with Gasteiger partial charge >= 0.3 is 0 Å². The summed E-state index contributed by atoms with van der Waals surface area (Å²) < 4.78 is 33.2. The molecule has 1 unspecified atom stereocenters. The number of amides is 1. The molecular formula is C28H26N8O7. The number of aromatic nitrogens is 5. The zero-order valence-electron chi connectivity index (χ0n) is 22.7. The van der Waals surface area contributed by atoms with Crippen LogP contribution in [0.5, 0.6) is 0 Å². The van der Waals surface area contributed by atoms with Crippen molar-refractivity contribution in [2.75, 3.05) is 6.54 Å². The fourth-order valence-electron chi connectivity index (χ4n) is 4.07. The zero-order valence-corrected chi connectivity index (χ0v) is 22.7. The summed E-state index contributed by atoms with van der Waals surface area (Å²) in [5.41, 5.74) is 13.3. The highest BCUT2D eigenvalue weighted by atomic mass is 16.5. The highest BCUT2D eigenvalue weighted by Crippen LogP contribution is 2.27. The van der Waals surface area contributed by atoms with Crippen LogP contribution in [0.4, 0.5) is 0 Å². The van der Waals surface area contributed by atoms with Crippen molar-refractivity contribution in [1.82, 2.24) is 30.2 Å². The van der Waals surface area contributed by atoms with Crippen LogP contribution in [0, 0.1) is 0 Å². The molecule has 1 amide bonds. The van der Waals surface area contributed by atoms with E-state index in [9.17, 15) is 4.79 Å². The molecule has 0 spiro atoms. The maximum Gasteiger partial charge on any atom is 0.273 e. The Balaban J connectivity index is 1.32. The number of fused-ring (bicyclic) bond motifs is 13. The summed E-state index contributed by atoms with van der Waals surface area (Å²) in [5, 5.41) is 2.94. The molecule has 15 heteroatoms. The lowest BCUT2D eigenvalue weighted by molar-refractivity contribution is 0.0928. The minimum atomic E-state index is -0.518. The predicted octanol–water partition coefficient (Wildman–Crippen LogP) is 4.43. The number of nitrogens with one attached hydrogen (secondary N) is 1. The van der Waals surface area contributed by atoms with E-state index < -0.39 is 11.9 Å². The van der Waals surface area contributed by atoms with Crippen molar-refractivity contribution in [3.8, 4) is 34.8 Å². The third-order valence-corrected chi connectivity index (χ3v) is 6.26. The average molecular weight is 587 g/mol. The van der Waals surface area contributed by atoms with E-state index in [1.54, 1.807) is 12.2 Å². The van der Waals surface area contributed by atoms with Gasteiger partial charge in [-0.15, -0.1) is 0 Å². The number of rotatable bonds is 4. The number of ether oxygens (including phenoxy) is 1. The Morgan fingerprint density at radius 3 is 2.23 bits per heavy atom. The van der Waals surface area contributed by atoms with Crippen LogP contribution < -0.4 is 16.8 Å². The van der Waals surface area contributed by atoms with Gasteiger partial charge in [-0.3, -0.25) is 4.79 Å². The molecule has 6 heterocycles. The first kappa shape index (κ1) is 27.5.